The average Bonchev–Trinajstić information content (AvgIpc) is 2.25. The lowest BCUT2D eigenvalue weighted by atomic mass is 10.3. The van der Waals surface area contributed by atoms with Crippen LogP contribution in [-0.2, 0) is 0 Å². The van der Waals surface area contributed by atoms with Crippen LogP contribution in [0.4, 0.5) is 5.82 Å². The second kappa shape index (κ2) is 5.76. The molecule has 3 nitrogen and oxygen atoms in total. The van der Waals surface area contributed by atoms with E-state index < -0.39 is 0 Å². The molecule has 0 aliphatic rings. The number of hydrogen-bond donors (Lipinski definition) is 1. The molecule has 0 fully saturated rings. The Kier molecular flexibility index (Phi) is 4.22. The van der Waals surface area contributed by atoms with Gasteiger partial charge in [0.25, 0.3) is 0 Å². The largest absolute Gasteiger partial charge is 0.370 e. The van der Waals surface area contributed by atoms with Crippen molar-refractivity contribution in [2.45, 2.75) is 13.3 Å². The van der Waals surface area contributed by atoms with E-state index in [-0.39, 0.29) is 0 Å². The standard InChI is InChI=1S/C11H13N3/c1-2-3-4-8-13-11-7-5-6-10(9-12)14-11/h2-3,5-7H,4,8H2,1H3,(H,13,14)/b3-2+. The van der Waals surface area contributed by atoms with Crippen LogP contribution in [-0.4, -0.2) is 11.5 Å². The summed E-state index contributed by atoms with van der Waals surface area (Å²) in [4.78, 5) is 4.09. The minimum Gasteiger partial charge on any atom is -0.370 e. The van der Waals surface area contributed by atoms with Crippen LogP contribution >= 0.6 is 0 Å². The molecule has 3 heteroatoms. The highest BCUT2D eigenvalue weighted by Crippen LogP contribution is 2.03. The van der Waals surface area contributed by atoms with Crippen molar-refractivity contribution in [1.29, 1.82) is 5.26 Å². The first kappa shape index (κ1) is 10.3. The maximum atomic E-state index is 8.62. The summed E-state index contributed by atoms with van der Waals surface area (Å²) in [5.41, 5.74) is 0.445. The van der Waals surface area contributed by atoms with Crippen molar-refractivity contribution in [3.63, 3.8) is 0 Å². The summed E-state index contributed by atoms with van der Waals surface area (Å²) in [6.07, 6.45) is 5.07. The summed E-state index contributed by atoms with van der Waals surface area (Å²) < 4.78 is 0. The van der Waals surface area contributed by atoms with E-state index in [0.29, 0.717) is 5.69 Å². The highest BCUT2D eigenvalue weighted by Gasteiger charge is 1.94. The molecular weight excluding hydrogens is 174 g/mol. The Bertz CT molecular complexity index is 350. The van der Waals surface area contributed by atoms with Gasteiger partial charge in [-0.05, 0) is 25.5 Å². The highest BCUT2D eigenvalue weighted by molar-refractivity contribution is 5.38. The SMILES string of the molecule is C/C=C/CCNc1cccc(C#N)n1. The fraction of sp³-hybridized carbons (Fsp3) is 0.273. The molecule has 0 saturated carbocycles. The molecule has 1 N–H and O–H groups in total. The first-order chi connectivity index (χ1) is 6.86. The van der Waals surface area contributed by atoms with Gasteiger partial charge in [0.15, 0.2) is 0 Å². The third kappa shape index (κ3) is 3.28. The number of hydrogen-bond acceptors (Lipinski definition) is 3. The van der Waals surface area contributed by atoms with Crippen LogP contribution in [0.25, 0.3) is 0 Å². The molecule has 0 aliphatic heterocycles. The zero-order chi connectivity index (χ0) is 10.2. The van der Waals surface area contributed by atoms with Crippen molar-refractivity contribution < 1.29 is 0 Å². The second-order valence-electron chi connectivity index (χ2n) is 2.80. The molecule has 0 bridgehead atoms. The van der Waals surface area contributed by atoms with Gasteiger partial charge in [0.2, 0.25) is 0 Å². The summed E-state index contributed by atoms with van der Waals surface area (Å²) in [7, 11) is 0. The molecule has 0 saturated heterocycles. The zero-order valence-corrected chi connectivity index (χ0v) is 8.20. The van der Waals surface area contributed by atoms with E-state index in [0.717, 1.165) is 18.8 Å². The minimum atomic E-state index is 0.445. The number of anilines is 1. The Labute approximate surface area is 84.1 Å². The molecule has 0 amide bonds. The van der Waals surface area contributed by atoms with Gasteiger partial charge in [-0.2, -0.15) is 5.26 Å². The Morgan fingerprint density at radius 2 is 2.43 bits per heavy atom. The highest BCUT2D eigenvalue weighted by atomic mass is 15.0. The quantitative estimate of drug-likeness (QED) is 0.581. The van der Waals surface area contributed by atoms with Gasteiger partial charge < -0.3 is 5.32 Å². The van der Waals surface area contributed by atoms with Crippen molar-refractivity contribution in [3.05, 3.63) is 36.0 Å². The molecule has 0 atom stereocenters. The van der Waals surface area contributed by atoms with Gasteiger partial charge in [0, 0.05) is 6.54 Å². The topological polar surface area (TPSA) is 48.7 Å². The second-order valence-corrected chi connectivity index (χ2v) is 2.80. The van der Waals surface area contributed by atoms with E-state index in [9.17, 15) is 0 Å². The number of rotatable bonds is 4. The molecule has 1 rings (SSSR count). The number of nitriles is 1. The Morgan fingerprint density at radius 1 is 1.57 bits per heavy atom. The summed E-state index contributed by atoms with van der Waals surface area (Å²) >= 11 is 0. The van der Waals surface area contributed by atoms with Crippen LogP contribution in [0.15, 0.2) is 30.4 Å². The van der Waals surface area contributed by atoms with Crippen LogP contribution < -0.4 is 5.32 Å². The molecule has 1 aromatic rings. The van der Waals surface area contributed by atoms with Gasteiger partial charge in [-0.25, -0.2) is 4.98 Å². The maximum Gasteiger partial charge on any atom is 0.142 e. The first-order valence-corrected chi connectivity index (χ1v) is 4.59. The molecule has 72 valence electrons. The van der Waals surface area contributed by atoms with Crippen molar-refractivity contribution in [3.8, 4) is 6.07 Å². The molecular formula is C11H13N3. The van der Waals surface area contributed by atoms with E-state index in [1.54, 1.807) is 6.07 Å². The van der Waals surface area contributed by atoms with E-state index in [1.165, 1.54) is 0 Å². The number of nitrogens with zero attached hydrogens (tertiary/aromatic N) is 2. The van der Waals surface area contributed by atoms with Crippen LogP contribution in [0, 0.1) is 11.3 Å². The van der Waals surface area contributed by atoms with Gasteiger partial charge in [-0.15, -0.1) is 0 Å². The van der Waals surface area contributed by atoms with Gasteiger partial charge in [0.1, 0.15) is 17.6 Å². The lowest BCUT2D eigenvalue weighted by Gasteiger charge is -2.02. The van der Waals surface area contributed by atoms with E-state index >= 15 is 0 Å². The summed E-state index contributed by atoms with van der Waals surface area (Å²) in [5, 5.41) is 11.8. The number of nitrogens with one attached hydrogen (secondary N) is 1. The van der Waals surface area contributed by atoms with Crippen LogP contribution in [0.1, 0.15) is 19.0 Å². The third-order valence-electron chi connectivity index (χ3n) is 1.72. The fourth-order valence-corrected chi connectivity index (χ4v) is 1.05. The van der Waals surface area contributed by atoms with Crippen molar-refractivity contribution in [2.24, 2.45) is 0 Å². The number of allylic oxidation sites excluding steroid dienone is 1. The Hall–Kier alpha value is -1.82. The molecule has 0 radical (unpaired) electrons. The van der Waals surface area contributed by atoms with Crippen LogP contribution in [0.3, 0.4) is 0 Å². The smallest absolute Gasteiger partial charge is 0.142 e. The monoisotopic (exact) mass is 187 g/mol. The van der Waals surface area contributed by atoms with Crippen molar-refractivity contribution >= 4 is 5.82 Å². The van der Waals surface area contributed by atoms with Gasteiger partial charge in [0.05, 0.1) is 0 Å². The maximum absolute atomic E-state index is 8.62. The summed E-state index contributed by atoms with van der Waals surface area (Å²) in [6, 6.07) is 7.38. The number of aromatic nitrogens is 1. The molecule has 14 heavy (non-hydrogen) atoms. The Balaban J connectivity index is 2.47. The molecule has 1 aromatic heterocycles. The first-order valence-electron chi connectivity index (χ1n) is 4.59. The normalized spacial score (nSPS) is 10.0. The molecule has 0 aromatic carbocycles. The predicted octanol–water partition coefficient (Wildman–Crippen LogP) is 2.33. The van der Waals surface area contributed by atoms with Gasteiger partial charge in [-0.3, -0.25) is 0 Å². The zero-order valence-electron chi connectivity index (χ0n) is 8.20. The van der Waals surface area contributed by atoms with Gasteiger partial charge >= 0.3 is 0 Å². The molecule has 1 heterocycles. The van der Waals surface area contributed by atoms with Crippen molar-refractivity contribution in [2.75, 3.05) is 11.9 Å². The Morgan fingerprint density at radius 3 is 3.14 bits per heavy atom. The lowest BCUT2D eigenvalue weighted by molar-refractivity contribution is 1.04. The minimum absolute atomic E-state index is 0.445. The lowest BCUT2D eigenvalue weighted by Crippen LogP contribution is -2.02. The number of pyridine rings is 1. The van der Waals surface area contributed by atoms with Crippen LogP contribution in [0.2, 0.25) is 0 Å². The molecule has 0 aliphatic carbocycles. The molecule has 0 spiro atoms. The van der Waals surface area contributed by atoms with E-state index in [4.69, 9.17) is 5.26 Å². The van der Waals surface area contributed by atoms with Gasteiger partial charge in [-0.1, -0.05) is 18.2 Å². The van der Waals surface area contributed by atoms with E-state index in [2.05, 4.69) is 16.4 Å². The third-order valence-corrected chi connectivity index (χ3v) is 1.72. The van der Waals surface area contributed by atoms with Crippen LogP contribution in [0.5, 0.6) is 0 Å². The summed E-state index contributed by atoms with van der Waals surface area (Å²) in [5.74, 6) is 0.758. The molecule has 0 unspecified atom stereocenters. The average molecular weight is 187 g/mol. The predicted molar refractivity (Wildman–Crippen MR) is 56.9 cm³/mol. The summed E-state index contributed by atoms with van der Waals surface area (Å²) in [6.45, 7) is 2.83. The van der Waals surface area contributed by atoms with E-state index in [1.807, 2.05) is 31.2 Å². The fourth-order valence-electron chi connectivity index (χ4n) is 1.05. The van der Waals surface area contributed by atoms with Crippen molar-refractivity contribution in [1.82, 2.24) is 4.98 Å².